The van der Waals surface area contributed by atoms with Crippen molar-refractivity contribution < 1.29 is 9.32 Å². The summed E-state index contributed by atoms with van der Waals surface area (Å²) in [5.74, 6) is 2.69. The molecule has 0 aromatic carbocycles. The lowest BCUT2D eigenvalue weighted by Gasteiger charge is -2.23. The van der Waals surface area contributed by atoms with Gasteiger partial charge in [0, 0.05) is 12.5 Å². The summed E-state index contributed by atoms with van der Waals surface area (Å²) in [7, 11) is 0. The van der Waals surface area contributed by atoms with E-state index in [4.69, 9.17) is 4.52 Å². The number of hydrogen-bond donors (Lipinski definition) is 2. The van der Waals surface area contributed by atoms with Gasteiger partial charge < -0.3 is 9.84 Å². The number of nitrogens with zero attached hydrogens (tertiary/aromatic N) is 2. The zero-order valence-electron chi connectivity index (χ0n) is 11.2. The van der Waals surface area contributed by atoms with Crippen molar-refractivity contribution in [1.29, 1.82) is 0 Å². The van der Waals surface area contributed by atoms with E-state index in [-0.39, 0.29) is 11.9 Å². The molecule has 6 heteroatoms. The first-order valence-corrected chi connectivity index (χ1v) is 7.06. The highest BCUT2D eigenvalue weighted by Crippen LogP contribution is 2.34. The molecule has 0 spiro atoms. The van der Waals surface area contributed by atoms with Crippen LogP contribution in [-0.4, -0.2) is 29.1 Å². The lowest BCUT2D eigenvalue weighted by molar-refractivity contribution is -0.121. The smallest absolute Gasteiger partial charge is 0.245 e. The molecule has 6 nitrogen and oxygen atoms in total. The average Bonchev–Trinajstić information content (AvgIpc) is 2.90. The Morgan fingerprint density at radius 2 is 2.05 bits per heavy atom. The molecule has 1 atom stereocenters. The number of amides is 1. The summed E-state index contributed by atoms with van der Waals surface area (Å²) in [4.78, 5) is 15.6. The van der Waals surface area contributed by atoms with Crippen molar-refractivity contribution in [3.05, 3.63) is 11.7 Å². The number of nitrogens with one attached hydrogen (secondary N) is 2. The molecule has 3 rings (SSSR count). The fourth-order valence-electron chi connectivity index (χ4n) is 2.81. The van der Waals surface area contributed by atoms with Crippen LogP contribution in [0.5, 0.6) is 0 Å². The lowest BCUT2D eigenvalue weighted by atomic mass is 9.83. The Labute approximate surface area is 112 Å². The van der Waals surface area contributed by atoms with Crippen molar-refractivity contribution in [2.75, 3.05) is 13.1 Å². The molecule has 1 aromatic heterocycles. The van der Waals surface area contributed by atoms with E-state index in [0.717, 1.165) is 24.6 Å². The highest BCUT2D eigenvalue weighted by molar-refractivity contribution is 5.78. The summed E-state index contributed by atoms with van der Waals surface area (Å²) >= 11 is 0. The molecule has 0 radical (unpaired) electrons. The second kappa shape index (κ2) is 5.28. The molecule has 0 bridgehead atoms. The Bertz CT molecular complexity index is 441. The lowest BCUT2D eigenvalue weighted by Crippen LogP contribution is -2.47. The number of hydrogen-bond acceptors (Lipinski definition) is 5. The van der Waals surface area contributed by atoms with E-state index in [0.29, 0.717) is 24.9 Å². The summed E-state index contributed by atoms with van der Waals surface area (Å²) in [5, 5.41) is 10.0. The number of piperazine rings is 1. The molecule has 1 unspecified atom stereocenters. The zero-order chi connectivity index (χ0) is 13.2. The van der Waals surface area contributed by atoms with Crippen molar-refractivity contribution in [2.45, 2.75) is 44.6 Å². The largest absolute Gasteiger partial charge is 0.353 e. The third-order valence-corrected chi connectivity index (χ3v) is 4.15. The van der Waals surface area contributed by atoms with Crippen LogP contribution in [0.3, 0.4) is 0 Å². The molecule has 1 saturated carbocycles. The zero-order valence-corrected chi connectivity index (χ0v) is 11.2. The van der Waals surface area contributed by atoms with Crippen molar-refractivity contribution >= 4 is 5.91 Å². The van der Waals surface area contributed by atoms with Gasteiger partial charge >= 0.3 is 0 Å². The first-order chi connectivity index (χ1) is 9.22. The van der Waals surface area contributed by atoms with Crippen LogP contribution in [0.15, 0.2) is 4.52 Å². The summed E-state index contributed by atoms with van der Waals surface area (Å²) in [6.45, 7) is 3.12. The van der Waals surface area contributed by atoms with Crippen LogP contribution in [0, 0.1) is 5.92 Å². The third-order valence-electron chi connectivity index (χ3n) is 4.15. The molecule has 1 aromatic rings. The van der Waals surface area contributed by atoms with Gasteiger partial charge in [0.25, 0.3) is 0 Å². The standard InChI is InChI=1S/C13H20N4O2/c1-8-2-4-9(5-3-8)12-16-13(19-17-12)10-6-15-11(18)7-14-10/h8-10,14H,2-7H2,1H3,(H,15,18). The van der Waals surface area contributed by atoms with Crippen LogP contribution >= 0.6 is 0 Å². The first kappa shape index (κ1) is 12.6. The van der Waals surface area contributed by atoms with Gasteiger partial charge in [0.1, 0.15) is 6.04 Å². The van der Waals surface area contributed by atoms with Crippen LogP contribution in [0.25, 0.3) is 0 Å². The summed E-state index contributed by atoms with van der Waals surface area (Å²) < 4.78 is 5.34. The number of carbonyl (C=O) groups is 1. The maximum atomic E-state index is 11.1. The summed E-state index contributed by atoms with van der Waals surface area (Å²) in [6, 6.07) is -0.0542. The number of aromatic nitrogens is 2. The normalized spacial score (nSPS) is 32.1. The van der Waals surface area contributed by atoms with Crippen LogP contribution in [0.1, 0.15) is 56.3 Å². The molecule has 2 fully saturated rings. The van der Waals surface area contributed by atoms with E-state index in [1.54, 1.807) is 0 Å². The molecule has 1 aliphatic carbocycles. The second-order valence-electron chi connectivity index (χ2n) is 5.69. The van der Waals surface area contributed by atoms with Gasteiger partial charge in [0.15, 0.2) is 5.82 Å². The Morgan fingerprint density at radius 1 is 1.26 bits per heavy atom. The maximum Gasteiger partial charge on any atom is 0.245 e. The van der Waals surface area contributed by atoms with Crippen LogP contribution < -0.4 is 10.6 Å². The first-order valence-electron chi connectivity index (χ1n) is 7.06. The quantitative estimate of drug-likeness (QED) is 0.837. The fourth-order valence-corrected chi connectivity index (χ4v) is 2.81. The fraction of sp³-hybridized carbons (Fsp3) is 0.769. The third kappa shape index (κ3) is 2.78. The van der Waals surface area contributed by atoms with E-state index < -0.39 is 0 Å². The van der Waals surface area contributed by atoms with E-state index in [1.807, 2.05) is 0 Å². The van der Waals surface area contributed by atoms with Gasteiger partial charge in [0.2, 0.25) is 11.8 Å². The van der Waals surface area contributed by atoms with Gasteiger partial charge in [-0.3, -0.25) is 10.1 Å². The van der Waals surface area contributed by atoms with Crippen molar-refractivity contribution in [3.63, 3.8) is 0 Å². The minimum absolute atomic E-state index is 0.0113. The van der Waals surface area contributed by atoms with E-state index in [1.165, 1.54) is 12.8 Å². The SMILES string of the molecule is CC1CCC(c2noc(C3CNC(=O)CN3)n2)CC1. The molecular formula is C13H20N4O2. The van der Waals surface area contributed by atoms with Crippen LogP contribution in [0.2, 0.25) is 0 Å². The molecule has 1 saturated heterocycles. The number of rotatable bonds is 2. The van der Waals surface area contributed by atoms with E-state index in [9.17, 15) is 4.79 Å². The van der Waals surface area contributed by atoms with Crippen LogP contribution in [0.4, 0.5) is 0 Å². The van der Waals surface area contributed by atoms with Gasteiger partial charge in [-0.05, 0) is 18.8 Å². The Hall–Kier alpha value is -1.43. The van der Waals surface area contributed by atoms with E-state index >= 15 is 0 Å². The minimum atomic E-state index is -0.0542. The monoisotopic (exact) mass is 264 g/mol. The predicted molar refractivity (Wildman–Crippen MR) is 68.4 cm³/mol. The molecule has 2 aliphatic rings. The molecule has 1 aliphatic heterocycles. The van der Waals surface area contributed by atoms with Crippen molar-refractivity contribution in [3.8, 4) is 0 Å². The maximum absolute atomic E-state index is 11.1. The summed E-state index contributed by atoms with van der Waals surface area (Å²) in [5.41, 5.74) is 0. The highest BCUT2D eigenvalue weighted by atomic mass is 16.5. The second-order valence-corrected chi connectivity index (χ2v) is 5.69. The van der Waals surface area contributed by atoms with Crippen molar-refractivity contribution in [1.82, 2.24) is 20.8 Å². The molecule has 2 heterocycles. The summed E-state index contributed by atoms with van der Waals surface area (Å²) in [6.07, 6.45) is 4.78. The Morgan fingerprint density at radius 3 is 2.74 bits per heavy atom. The molecule has 104 valence electrons. The van der Waals surface area contributed by atoms with Gasteiger partial charge in [-0.15, -0.1) is 0 Å². The van der Waals surface area contributed by atoms with Crippen LogP contribution in [-0.2, 0) is 4.79 Å². The molecule has 1 amide bonds. The molecule has 2 N–H and O–H groups in total. The minimum Gasteiger partial charge on any atom is -0.353 e. The topological polar surface area (TPSA) is 80.0 Å². The van der Waals surface area contributed by atoms with Gasteiger partial charge in [-0.2, -0.15) is 4.98 Å². The van der Waals surface area contributed by atoms with E-state index in [2.05, 4.69) is 27.7 Å². The van der Waals surface area contributed by atoms with Crippen molar-refractivity contribution in [2.24, 2.45) is 5.92 Å². The van der Waals surface area contributed by atoms with Gasteiger partial charge in [-0.1, -0.05) is 24.9 Å². The number of carbonyl (C=O) groups excluding carboxylic acids is 1. The van der Waals surface area contributed by atoms with Gasteiger partial charge in [0.05, 0.1) is 6.54 Å². The van der Waals surface area contributed by atoms with Gasteiger partial charge in [-0.25, -0.2) is 0 Å². The predicted octanol–water partition coefficient (Wildman–Crippen LogP) is 1.12. The Kier molecular flexibility index (Phi) is 3.50. The highest BCUT2D eigenvalue weighted by Gasteiger charge is 2.27. The molecule has 19 heavy (non-hydrogen) atoms. The average molecular weight is 264 g/mol. The Balaban J connectivity index is 1.64. The molecular weight excluding hydrogens is 244 g/mol.